The fraction of sp³-hybridized carbons (Fsp3) is 0.103. The van der Waals surface area contributed by atoms with Crippen LogP contribution in [0.15, 0.2) is 91.1 Å². The number of hydrogen-bond acceptors (Lipinski definition) is 4. The molecule has 190 valence electrons. The van der Waals surface area contributed by atoms with Crippen LogP contribution in [0, 0.1) is 5.82 Å². The van der Waals surface area contributed by atoms with Crippen LogP contribution in [0.25, 0.3) is 0 Å². The maximum atomic E-state index is 14.5. The van der Waals surface area contributed by atoms with Gasteiger partial charge < -0.3 is 15.5 Å². The van der Waals surface area contributed by atoms with E-state index in [1.54, 1.807) is 79.0 Å². The van der Waals surface area contributed by atoms with Gasteiger partial charge in [0.1, 0.15) is 17.7 Å². The highest BCUT2D eigenvalue weighted by Crippen LogP contribution is 2.29. The van der Waals surface area contributed by atoms with Crippen molar-refractivity contribution >= 4 is 40.8 Å². The highest BCUT2D eigenvalue weighted by Gasteiger charge is 2.36. The lowest BCUT2D eigenvalue weighted by atomic mass is 10.0. The number of benzene rings is 3. The van der Waals surface area contributed by atoms with E-state index in [1.165, 1.54) is 17.0 Å². The van der Waals surface area contributed by atoms with Crippen molar-refractivity contribution in [1.82, 2.24) is 9.88 Å². The SMILES string of the molecule is O=C(Nc1ccccn1)c1ccc(CN2C(=O)c3ccc(Cl)cc3NC(=O)C2Cc2ccccc2F)cc1. The smallest absolute Gasteiger partial charge is 0.256 e. The van der Waals surface area contributed by atoms with E-state index in [2.05, 4.69) is 15.6 Å². The number of aromatic nitrogens is 1. The molecule has 1 unspecified atom stereocenters. The summed E-state index contributed by atoms with van der Waals surface area (Å²) in [4.78, 5) is 45.1. The number of rotatable bonds is 6. The normalized spacial score (nSPS) is 14.9. The summed E-state index contributed by atoms with van der Waals surface area (Å²) >= 11 is 6.11. The van der Waals surface area contributed by atoms with Gasteiger partial charge in [0.15, 0.2) is 0 Å². The van der Waals surface area contributed by atoms with Gasteiger partial charge in [-0.05, 0) is 59.7 Å². The zero-order chi connectivity index (χ0) is 26.6. The number of hydrogen-bond donors (Lipinski definition) is 2. The van der Waals surface area contributed by atoms with E-state index < -0.39 is 23.7 Å². The van der Waals surface area contributed by atoms with E-state index in [4.69, 9.17) is 11.6 Å². The van der Waals surface area contributed by atoms with E-state index >= 15 is 0 Å². The number of carbonyl (C=O) groups excluding carboxylic acids is 3. The van der Waals surface area contributed by atoms with Crippen molar-refractivity contribution in [3.63, 3.8) is 0 Å². The van der Waals surface area contributed by atoms with Crippen molar-refractivity contribution in [2.75, 3.05) is 10.6 Å². The Bertz CT molecular complexity index is 1510. The molecule has 5 rings (SSSR count). The summed E-state index contributed by atoms with van der Waals surface area (Å²) in [5.41, 5.74) is 2.00. The van der Waals surface area contributed by atoms with Gasteiger partial charge in [0.05, 0.1) is 11.3 Å². The van der Waals surface area contributed by atoms with Crippen LogP contribution in [-0.4, -0.2) is 33.6 Å². The zero-order valence-corrected chi connectivity index (χ0v) is 20.8. The molecule has 3 aromatic carbocycles. The van der Waals surface area contributed by atoms with Crippen molar-refractivity contribution in [2.24, 2.45) is 0 Å². The Morgan fingerprint density at radius 2 is 1.76 bits per heavy atom. The summed E-state index contributed by atoms with van der Waals surface area (Å²) in [6.45, 7) is 0.0651. The zero-order valence-electron chi connectivity index (χ0n) is 20.0. The minimum atomic E-state index is -0.988. The van der Waals surface area contributed by atoms with Gasteiger partial charge in [-0.1, -0.05) is 48.0 Å². The lowest BCUT2D eigenvalue weighted by Crippen LogP contribution is -2.46. The molecule has 0 fully saturated rings. The lowest BCUT2D eigenvalue weighted by molar-refractivity contribution is -0.120. The molecule has 0 saturated carbocycles. The minimum absolute atomic E-state index is 0.0173. The Morgan fingerprint density at radius 3 is 2.50 bits per heavy atom. The van der Waals surface area contributed by atoms with Gasteiger partial charge in [0.25, 0.3) is 11.8 Å². The van der Waals surface area contributed by atoms with Crippen LogP contribution in [-0.2, 0) is 17.8 Å². The highest BCUT2D eigenvalue weighted by atomic mass is 35.5. The largest absolute Gasteiger partial charge is 0.323 e. The minimum Gasteiger partial charge on any atom is -0.323 e. The van der Waals surface area contributed by atoms with Crippen LogP contribution < -0.4 is 10.6 Å². The molecule has 4 aromatic rings. The van der Waals surface area contributed by atoms with E-state index in [9.17, 15) is 18.8 Å². The van der Waals surface area contributed by atoms with Crippen LogP contribution in [0.1, 0.15) is 31.8 Å². The maximum absolute atomic E-state index is 14.5. The van der Waals surface area contributed by atoms with Crippen molar-refractivity contribution in [3.8, 4) is 0 Å². The average Bonchev–Trinajstić information content (AvgIpc) is 3.00. The Balaban J connectivity index is 1.43. The topological polar surface area (TPSA) is 91.4 Å². The molecule has 3 amide bonds. The molecule has 0 radical (unpaired) electrons. The monoisotopic (exact) mass is 528 g/mol. The van der Waals surface area contributed by atoms with Crippen molar-refractivity contribution < 1.29 is 18.8 Å². The summed E-state index contributed by atoms with van der Waals surface area (Å²) in [7, 11) is 0. The quantitative estimate of drug-likeness (QED) is 0.354. The number of amides is 3. The van der Waals surface area contributed by atoms with Crippen LogP contribution in [0.2, 0.25) is 5.02 Å². The number of fused-ring (bicyclic) bond motifs is 1. The molecular weight excluding hydrogens is 507 g/mol. The summed E-state index contributed by atoms with van der Waals surface area (Å²) in [5.74, 6) is -1.20. The fourth-order valence-electron chi connectivity index (χ4n) is 4.30. The summed E-state index contributed by atoms with van der Waals surface area (Å²) in [6, 6.07) is 21.7. The summed E-state index contributed by atoms with van der Waals surface area (Å²) < 4.78 is 14.5. The molecule has 0 aliphatic carbocycles. The first kappa shape index (κ1) is 25.1. The molecule has 9 heteroatoms. The van der Waals surface area contributed by atoms with Crippen LogP contribution in [0.3, 0.4) is 0 Å². The number of carbonyl (C=O) groups is 3. The molecule has 7 nitrogen and oxygen atoms in total. The Kier molecular flexibility index (Phi) is 7.15. The van der Waals surface area contributed by atoms with Gasteiger partial charge in [-0.2, -0.15) is 0 Å². The van der Waals surface area contributed by atoms with E-state index in [0.29, 0.717) is 33.2 Å². The predicted molar refractivity (Wildman–Crippen MR) is 142 cm³/mol. The predicted octanol–water partition coefficient (Wildman–Crippen LogP) is 5.33. The molecule has 1 atom stereocenters. The van der Waals surface area contributed by atoms with Gasteiger partial charge in [0.2, 0.25) is 5.91 Å². The third kappa shape index (κ3) is 5.40. The van der Waals surface area contributed by atoms with E-state index in [-0.39, 0.29) is 24.4 Å². The Morgan fingerprint density at radius 1 is 1.00 bits per heavy atom. The standard InChI is InChI=1S/C29H22ClFN4O3/c30-21-12-13-22-24(16-21)33-28(37)25(15-20-5-1-2-6-23(20)31)35(29(22)38)17-18-8-10-19(11-9-18)27(36)34-26-7-3-4-14-32-26/h1-14,16,25H,15,17H2,(H,33,37)(H,32,34,36). The molecule has 1 aromatic heterocycles. The molecule has 2 heterocycles. The molecule has 0 saturated heterocycles. The first-order chi connectivity index (χ1) is 18.4. The molecule has 0 bridgehead atoms. The number of halogens is 2. The number of nitrogens with zero attached hydrogens (tertiary/aromatic N) is 2. The van der Waals surface area contributed by atoms with Gasteiger partial charge in [-0.3, -0.25) is 14.4 Å². The average molecular weight is 529 g/mol. The summed E-state index contributed by atoms with van der Waals surface area (Å²) in [6.07, 6.45) is 1.56. The van der Waals surface area contributed by atoms with Gasteiger partial charge in [-0.15, -0.1) is 0 Å². The summed E-state index contributed by atoms with van der Waals surface area (Å²) in [5, 5.41) is 5.87. The molecule has 38 heavy (non-hydrogen) atoms. The second kappa shape index (κ2) is 10.8. The molecule has 1 aliphatic rings. The van der Waals surface area contributed by atoms with Crippen LogP contribution in [0.5, 0.6) is 0 Å². The number of nitrogens with one attached hydrogen (secondary N) is 2. The van der Waals surface area contributed by atoms with Gasteiger partial charge in [-0.25, -0.2) is 9.37 Å². The molecular formula is C29H22ClFN4O3. The third-order valence-corrected chi connectivity index (χ3v) is 6.49. The second-order valence-electron chi connectivity index (χ2n) is 8.79. The second-order valence-corrected chi connectivity index (χ2v) is 9.23. The van der Waals surface area contributed by atoms with E-state index in [0.717, 1.165) is 0 Å². The first-order valence-corrected chi connectivity index (χ1v) is 12.2. The number of pyridine rings is 1. The molecule has 1 aliphatic heterocycles. The molecule has 0 spiro atoms. The Hall–Kier alpha value is -4.56. The number of anilines is 2. The Labute approximate surface area is 223 Å². The van der Waals surface area contributed by atoms with Gasteiger partial charge >= 0.3 is 0 Å². The van der Waals surface area contributed by atoms with Crippen molar-refractivity contribution in [1.29, 1.82) is 0 Å². The van der Waals surface area contributed by atoms with Crippen LogP contribution >= 0.6 is 11.6 Å². The lowest BCUT2D eigenvalue weighted by Gasteiger charge is -2.29. The van der Waals surface area contributed by atoms with Crippen LogP contribution in [0.4, 0.5) is 15.9 Å². The molecule has 2 N–H and O–H groups in total. The van der Waals surface area contributed by atoms with Crippen molar-refractivity contribution in [3.05, 3.63) is 124 Å². The van der Waals surface area contributed by atoms with E-state index in [1.807, 2.05) is 0 Å². The third-order valence-electron chi connectivity index (χ3n) is 6.26. The maximum Gasteiger partial charge on any atom is 0.256 e. The fourth-order valence-corrected chi connectivity index (χ4v) is 4.47. The van der Waals surface area contributed by atoms with Crippen molar-refractivity contribution in [2.45, 2.75) is 19.0 Å². The van der Waals surface area contributed by atoms with Gasteiger partial charge in [0, 0.05) is 29.7 Å². The first-order valence-electron chi connectivity index (χ1n) is 11.8. The highest BCUT2D eigenvalue weighted by molar-refractivity contribution is 6.31.